The molecule has 0 amide bonds. The molecule has 0 N–H and O–H groups in total. The van der Waals surface area contributed by atoms with Crippen LogP contribution >= 0.6 is 0 Å². The van der Waals surface area contributed by atoms with Crippen molar-refractivity contribution in [3.05, 3.63) is 29.3 Å². The van der Waals surface area contributed by atoms with Crippen LogP contribution in [0, 0.1) is 0 Å². The van der Waals surface area contributed by atoms with Crippen molar-refractivity contribution in [2.45, 2.75) is 33.3 Å². The SMILES string of the molecule is CCOC(=O)CCc1cccc(C(=O)OCC)c1OC(F)F. The fourth-order valence-corrected chi connectivity index (χ4v) is 1.85. The predicted molar refractivity (Wildman–Crippen MR) is 74.0 cm³/mol. The first-order valence-electron chi connectivity index (χ1n) is 6.89. The van der Waals surface area contributed by atoms with Gasteiger partial charge in [0.2, 0.25) is 0 Å². The summed E-state index contributed by atoms with van der Waals surface area (Å²) >= 11 is 0. The normalized spacial score (nSPS) is 10.4. The molecule has 0 heterocycles. The Morgan fingerprint density at radius 3 is 2.41 bits per heavy atom. The maximum Gasteiger partial charge on any atom is 0.387 e. The highest BCUT2D eigenvalue weighted by Gasteiger charge is 2.20. The number of hydrogen-bond acceptors (Lipinski definition) is 5. The number of rotatable bonds is 8. The molecular formula is C15H18F2O5. The average molecular weight is 316 g/mol. The van der Waals surface area contributed by atoms with Crippen LogP contribution < -0.4 is 4.74 Å². The summed E-state index contributed by atoms with van der Waals surface area (Å²) in [6.07, 6.45) is 0.119. The fraction of sp³-hybridized carbons (Fsp3) is 0.467. The number of carbonyl (C=O) groups is 2. The smallest absolute Gasteiger partial charge is 0.387 e. The largest absolute Gasteiger partial charge is 0.466 e. The predicted octanol–water partition coefficient (Wildman–Crippen LogP) is 2.96. The Bertz CT molecular complexity index is 517. The van der Waals surface area contributed by atoms with E-state index in [-0.39, 0.29) is 37.4 Å². The molecule has 0 bridgehead atoms. The van der Waals surface area contributed by atoms with E-state index in [9.17, 15) is 18.4 Å². The van der Waals surface area contributed by atoms with Crippen LogP contribution in [0.25, 0.3) is 0 Å². The fourth-order valence-electron chi connectivity index (χ4n) is 1.85. The highest BCUT2D eigenvalue weighted by Crippen LogP contribution is 2.28. The quantitative estimate of drug-likeness (QED) is 0.690. The molecular weight excluding hydrogens is 298 g/mol. The lowest BCUT2D eigenvalue weighted by atomic mass is 10.0. The molecule has 122 valence electrons. The Hall–Kier alpha value is -2.18. The van der Waals surface area contributed by atoms with Crippen molar-refractivity contribution in [3.63, 3.8) is 0 Å². The third-order valence-corrected chi connectivity index (χ3v) is 2.70. The molecule has 22 heavy (non-hydrogen) atoms. The summed E-state index contributed by atoms with van der Waals surface area (Å²) in [6, 6.07) is 4.37. The van der Waals surface area contributed by atoms with Crippen LogP contribution in [0.2, 0.25) is 0 Å². The molecule has 0 saturated heterocycles. The van der Waals surface area contributed by atoms with Crippen molar-refractivity contribution in [2.75, 3.05) is 13.2 Å². The second kappa shape index (κ2) is 8.96. The van der Waals surface area contributed by atoms with Crippen molar-refractivity contribution in [2.24, 2.45) is 0 Å². The summed E-state index contributed by atoms with van der Waals surface area (Å²) in [5.74, 6) is -1.47. The Balaban J connectivity index is 3.01. The van der Waals surface area contributed by atoms with E-state index in [0.29, 0.717) is 5.56 Å². The Labute approximate surface area is 127 Å². The van der Waals surface area contributed by atoms with E-state index in [1.54, 1.807) is 13.8 Å². The lowest BCUT2D eigenvalue weighted by molar-refractivity contribution is -0.143. The van der Waals surface area contributed by atoms with Gasteiger partial charge in [-0.15, -0.1) is 0 Å². The van der Waals surface area contributed by atoms with Crippen LogP contribution in [0.4, 0.5) is 8.78 Å². The van der Waals surface area contributed by atoms with Gasteiger partial charge in [0.15, 0.2) is 0 Å². The maximum atomic E-state index is 12.6. The number of aryl methyl sites for hydroxylation is 1. The molecule has 0 atom stereocenters. The van der Waals surface area contributed by atoms with Gasteiger partial charge in [-0.3, -0.25) is 4.79 Å². The van der Waals surface area contributed by atoms with Crippen molar-refractivity contribution >= 4 is 11.9 Å². The first-order chi connectivity index (χ1) is 10.5. The molecule has 7 heteroatoms. The number of ether oxygens (including phenoxy) is 3. The number of esters is 2. The molecule has 1 aromatic carbocycles. The number of para-hydroxylation sites is 1. The van der Waals surface area contributed by atoms with Crippen LogP contribution in [0.5, 0.6) is 5.75 Å². The molecule has 0 aliphatic carbocycles. The molecule has 0 unspecified atom stereocenters. The first kappa shape index (κ1) is 17.9. The number of hydrogen-bond donors (Lipinski definition) is 0. The van der Waals surface area contributed by atoms with Crippen LogP contribution in [-0.4, -0.2) is 31.8 Å². The molecule has 0 aliphatic rings. The van der Waals surface area contributed by atoms with Crippen LogP contribution in [0.3, 0.4) is 0 Å². The minimum absolute atomic E-state index is 0.000281. The Kier molecular flexibility index (Phi) is 7.28. The van der Waals surface area contributed by atoms with Gasteiger partial charge in [0.25, 0.3) is 0 Å². The average Bonchev–Trinajstić information content (AvgIpc) is 2.46. The molecule has 0 aromatic heterocycles. The second-order valence-electron chi connectivity index (χ2n) is 4.20. The van der Waals surface area contributed by atoms with Crippen molar-refractivity contribution in [3.8, 4) is 5.75 Å². The number of benzene rings is 1. The standard InChI is InChI=1S/C15H18F2O5/c1-3-20-12(18)9-8-10-6-5-7-11(14(19)21-4-2)13(10)22-15(16)17/h5-7,15H,3-4,8-9H2,1-2H3. The van der Waals surface area contributed by atoms with Gasteiger partial charge < -0.3 is 14.2 Å². The Morgan fingerprint density at radius 1 is 1.14 bits per heavy atom. The summed E-state index contributed by atoms with van der Waals surface area (Å²) in [5, 5.41) is 0. The lowest BCUT2D eigenvalue weighted by Gasteiger charge is -2.14. The van der Waals surface area contributed by atoms with E-state index in [1.807, 2.05) is 0 Å². The van der Waals surface area contributed by atoms with Crippen molar-refractivity contribution < 1.29 is 32.6 Å². The van der Waals surface area contributed by atoms with Gasteiger partial charge in [0.1, 0.15) is 11.3 Å². The van der Waals surface area contributed by atoms with E-state index >= 15 is 0 Å². The van der Waals surface area contributed by atoms with E-state index in [4.69, 9.17) is 9.47 Å². The summed E-state index contributed by atoms with van der Waals surface area (Å²) < 4.78 is 39.2. The van der Waals surface area contributed by atoms with Gasteiger partial charge in [-0.2, -0.15) is 8.78 Å². The minimum Gasteiger partial charge on any atom is -0.466 e. The van der Waals surface area contributed by atoms with E-state index in [2.05, 4.69) is 4.74 Å². The molecule has 5 nitrogen and oxygen atoms in total. The van der Waals surface area contributed by atoms with Gasteiger partial charge in [-0.25, -0.2) is 4.79 Å². The molecule has 0 fully saturated rings. The topological polar surface area (TPSA) is 61.8 Å². The van der Waals surface area contributed by atoms with E-state index in [1.165, 1.54) is 18.2 Å². The van der Waals surface area contributed by atoms with Gasteiger partial charge in [0, 0.05) is 6.42 Å². The summed E-state index contributed by atoms with van der Waals surface area (Å²) in [6.45, 7) is 0.542. The molecule has 0 aliphatic heterocycles. The minimum atomic E-state index is -3.09. The van der Waals surface area contributed by atoms with Crippen LogP contribution in [0.1, 0.15) is 36.2 Å². The third-order valence-electron chi connectivity index (χ3n) is 2.70. The molecule has 0 saturated carbocycles. The second-order valence-corrected chi connectivity index (χ2v) is 4.20. The molecule has 1 aromatic rings. The Morgan fingerprint density at radius 2 is 1.82 bits per heavy atom. The van der Waals surface area contributed by atoms with E-state index < -0.39 is 18.6 Å². The van der Waals surface area contributed by atoms with Gasteiger partial charge in [-0.1, -0.05) is 12.1 Å². The van der Waals surface area contributed by atoms with E-state index in [0.717, 1.165) is 0 Å². The van der Waals surface area contributed by atoms with Gasteiger partial charge in [0.05, 0.1) is 13.2 Å². The summed E-state index contributed by atoms with van der Waals surface area (Å²) in [7, 11) is 0. The first-order valence-corrected chi connectivity index (χ1v) is 6.89. The van der Waals surface area contributed by atoms with Gasteiger partial charge in [-0.05, 0) is 31.9 Å². The maximum absolute atomic E-state index is 12.6. The van der Waals surface area contributed by atoms with Gasteiger partial charge >= 0.3 is 18.6 Å². The molecule has 1 rings (SSSR count). The number of alkyl halides is 2. The zero-order valence-corrected chi connectivity index (χ0v) is 12.4. The number of halogens is 2. The van der Waals surface area contributed by atoms with Crippen molar-refractivity contribution in [1.29, 1.82) is 0 Å². The zero-order chi connectivity index (χ0) is 16.5. The van der Waals surface area contributed by atoms with Crippen LogP contribution in [0.15, 0.2) is 18.2 Å². The number of carbonyl (C=O) groups excluding carboxylic acids is 2. The lowest BCUT2D eigenvalue weighted by Crippen LogP contribution is -2.13. The summed E-state index contributed by atoms with van der Waals surface area (Å²) in [4.78, 5) is 23.2. The monoisotopic (exact) mass is 316 g/mol. The van der Waals surface area contributed by atoms with Crippen molar-refractivity contribution in [1.82, 2.24) is 0 Å². The molecule has 0 radical (unpaired) electrons. The highest BCUT2D eigenvalue weighted by atomic mass is 19.3. The molecule has 0 spiro atoms. The zero-order valence-electron chi connectivity index (χ0n) is 12.4. The summed E-state index contributed by atoms with van der Waals surface area (Å²) in [5.41, 5.74) is 0.224. The highest BCUT2D eigenvalue weighted by molar-refractivity contribution is 5.93. The third kappa shape index (κ3) is 5.31. The van der Waals surface area contributed by atoms with Crippen LogP contribution in [-0.2, 0) is 20.7 Å².